The molecule has 1 nitrogen and oxygen atoms in total. The summed E-state index contributed by atoms with van der Waals surface area (Å²) >= 11 is 0. The van der Waals surface area contributed by atoms with Gasteiger partial charge in [-0.05, 0) is 24.3 Å². The standard InChI is InChI=1S/C20H11F6N/c21-19(22,23)14-8-5-11-17(18(14)20(24,25)26)27-15-9-3-1-6-12(15)13-7-2-4-10-16(13)27/h1-11H. The molecule has 0 unspecified atom stereocenters. The molecule has 0 aliphatic rings. The second-order valence-electron chi connectivity index (χ2n) is 6.06. The molecule has 27 heavy (non-hydrogen) atoms. The molecule has 0 aliphatic heterocycles. The molecule has 0 N–H and O–H groups in total. The monoisotopic (exact) mass is 379 g/mol. The molecule has 3 aromatic carbocycles. The maximum Gasteiger partial charge on any atom is 0.419 e. The molecule has 0 fully saturated rings. The molecule has 1 aromatic heterocycles. The Labute approximate surface area is 149 Å². The van der Waals surface area contributed by atoms with E-state index in [1.807, 2.05) is 0 Å². The summed E-state index contributed by atoms with van der Waals surface area (Å²) in [6.45, 7) is 0. The quantitative estimate of drug-likeness (QED) is 0.320. The molecule has 0 bridgehead atoms. The second kappa shape index (κ2) is 5.77. The van der Waals surface area contributed by atoms with E-state index in [-0.39, 0.29) is 0 Å². The Morgan fingerprint density at radius 3 is 1.56 bits per heavy atom. The van der Waals surface area contributed by atoms with E-state index < -0.39 is 29.2 Å². The Morgan fingerprint density at radius 1 is 0.556 bits per heavy atom. The lowest BCUT2D eigenvalue weighted by Crippen LogP contribution is -2.19. The highest BCUT2D eigenvalue weighted by molar-refractivity contribution is 6.09. The third-order valence-electron chi connectivity index (χ3n) is 4.45. The van der Waals surface area contributed by atoms with Crippen molar-refractivity contribution in [3.8, 4) is 5.69 Å². The Bertz CT molecular complexity index is 1100. The second-order valence-corrected chi connectivity index (χ2v) is 6.06. The van der Waals surface area contributed by atoms with Crippen LogP contribution in [0.5, 0.6) is 0 Å². The highest BCUT2D eigenvalue weighted by Gasteiger charge is 2.45. The highest BCUT2D eigenvalue weighted by Crippen LogP contribution is 2.45. The van der Waals surface area contributed by atoms with Gasteiger partial charge in [0.1, 0.15) is 0 Å². The van der Waals surface area contributed by atoms with E-state index in [2.05, 4.69) is 0 Å². The number of hydrogen-bond acceptors (Lipinski definition) is 0. The summed E-state index contributed by atoms with van der Waals surface area (Å²) in [4.78, 5) is 0. The SMILES string of the molecule is FC(F)(F)c1cccc(-n2c3ccccc3c3ccccc32)c1C(F)(F)F. The minimum atomic E-state index is -5.17. The van der Waals surface area contributed by atoms with Gasteiger partial charge in [-0.15, -0.1) is 0 Å². The van der Waals surface area contributed by atoms with E-state index in [1.54, 1.807) is 48.5 Å². The van der Waals surface area contributed by atoms with Gasteiger partial charge in [-0.2, -0.15) is 26.3 Å². The van der Waals surface area contributed by atoms with Crippen LogP contribution in [0.3, 0.4) is 0 Å². The fraction of sp³-hybridized carbons (Fsp3) is 0.100. The molecule has 0 spiro atoms. The van der Waals surface area contributed by atoms with Crippen LogP contribution in [0.15, 0.2) is 66.7 Å². The first-order chi connectivity index (χ1) is 12.7. The fourth-order valence-corrected chi connectivity index (χ4v) is 3.44. The van der Waals surface area contributed by atoms with Gasteiger partial charge >= 0.3 is 12.4 Å². The van der Waals surface area contributed by atoms with E-state index in [1.165, 1.54) is 4.57 Å². The minimum absolute atomic E-state index is 0.406. The molecule has 4 aromatic rings. The van der Waals surface area contributed by atoms with E-state index in [0.29, 0.717) is 27.9 Å². The molecule has 0 atom stereocenters. The van der Waals surface area contributed by atoms with Crippen molar-refractivity contribution in [1.82, 2.24) is 4.57 Å². The van der Waals surface area contributed by atoms with Crippen LogP contribution < -0.4 is 0 Å². The molecular weight excluding hydrogens is 368 g/mol. The third kappa shape index (κ3) is 2.74. The molecule has 0 saturated carbocycles. The van der Waals surface area contributed by atoms with E-state index in [4.69, 9.17) is 0 Å². The topological polar surface area (TPSA) is 4.93 Å². The van der Waals surface area contributed by atoms with Crippen molar-refractivity contribution in [3.05, 3.63) is 77.9 Å². The summed E-state index contributed by atoms with van der Waals surface area (Å²) in [6, 6.07) is 15.9. The normalized spacial score (nSPS) is 12.8. The Morgan fingerprint density at radius 2 is 1.07 bits per heavy atom. The van der Waals surface area contributed by atoms with Crippen molar-refractivity contribution in [2.24, 2.45) is 0 Å². The van der Waals surface area contributed by atoms with Gasteiger partial charge in [0.2, 0.25) is 0 Å². The van der Waals surface area contributed by atoms with Gasteiger partial charge in [0.05, 0.1) is 27.8 Å². The molecule has 4 rings (SSSR count). The van der Waals surface area contributed by atoms with Crippen molar-refractivity contribution >= 4 is 21.8 Å². The van der Waals surface area contributed by atoms with Crippen molar-refractivity contribution in [2.45, 2.75) is 12.4 Å². The van der Waals surface area contributed by atoms with Crippen LogP contribution in [0.1, 0.15) is 11.1 Å². The molecule has 0 aliphatic carbocycles. The summed E-state index contributed by atoms with van der Waals surface area (Å²) in [5.41, 5.74) is -3.12. The Hall–Kier alpha value is -2.96. The average Bonchev–Trinajstić information content (AvgIpc) is 2.94. The van der Waals surface area contributed by atoms with Crippen LogP contribution in [0.25, 0.3) is 27.5 Å². The number of para-hydroxylation sites is 2. The average molecular weight is 379 g/mol. The first-order valence-electron chi connectivity index (χ1n) is 7.95. The van der Waals surface area contributed by atoms with Crippen LogP contribution in [-0.4, -0.2) is 4.57 Å². The fourth-order valence-electron chi connectivity index (χ4n) is 3.44. The van der Waals surface area contributed by atoms with Crippen LogP contribution in [0.4, 0.5) is 26.3 Å². The summed E-state index contributed by atoms with van der Waals surface area (Å²) in [6.07, 6.45) is -10.3. The number of halogens is 6. The Balaban J connectivity index is 2.20. The summed E-state index contributed by atoms with van der Waals surface area (Å²) in [7, 11) is 0. The molecule has 7 heteroatoms. The van der Waals surface area contributed by atoms with Crippen LogP contribution in [0.2, 0.25) is 0 Å². The van der Waals surface area contributed by atoms with Gasteiger partial charge in [-0.25, -0.2) is 0 Å². The number of nitrogens with zero attached hydrogens (tertiary/aromatic N) is 1. The van der Waals surface area contributed by atoms with Crippen molar-refractivity contribution in [3.63, 3.8) is 0 Å². The first kappa shape index (κ1) is 17.5. The zero-order chi connectivity index (χ0) is 19.4. The van der Waals surface area contributed by atoms with Gasteiger partial charge < -0.3 is 4.57 Å². The van der Waals surface area contributed by atoms with Gasteiger partial charge in [-0.1, -0.05) is 42.5 Å². The predicted molar refractivity (Wildman–Crippen MR) is 90.8 cm³/mol. The van der Waals surface area contributed by atoms with Gasteiger partial charge in [-0.3, -0.25) is 0 Å². The zero-order valence-corrected chi connectivity index (χ0v) is 13.6. The number of fused-ring (bicyclic) bond motifs is 3. The van der Waals surface area contributed by atoms with Crippen molar-refractivity contribution in [1.29, 1.82) is 0 Å². The van der Waals surface area contributed by atoms with Gasteiger partial charge in [0.15, 0.2) is 0 Å². The summed E-state index contributed by atoms with van der Waals surface area (Å²) < 4.78 is 82.3. The summed E-state index contributed by atoms with van der Waals surface area (Å²) in [5, 5.41) is 1.33. The van der Waals surface area contributed by atoms with E-state index >= 15 is 0 Å². The smallest absolute Gasteiger partial charge is 0.309 e. The van der Waals surface area contributed by atoms with Gasteiger partial charge in [0.25, 0.3) is 0 Å². The van der Waals surface area contributed by atoms with Crippen molar-refractivity contribution < 1.29 is 26.3 Å². The van der Waals surface area contributed by atoms with E-state index in [9.17, 15) is 26.3 Å². The predicted octanol–water partition coefficient (Wildman–Crippen LogP) is 6.82. The number of aromatic nitrogens is 1. The molecule has 0 amide bonds. The third-order valence-corrected chi connectivity index (χ3v) is 4.45. The number of benzene rings is 3. The molecule has 138 valence electrons. The lowest BCUT2D eigenvalue weighted by Gasteiger charge is -2.20. The van der Waals surface area contributed by atoms with Gasteiger partial charge in [0, 0.05) is 10.8 Å². The molecule has 1 heterocycles. The summed E-state index contributed by atoms with van der Waals surface area (Å²) in [5.74, 6) is 0. The first-order valence-corrected chi connectivity index (χ1v) is 7.95. The molecular formula is C20H11F6N. The largest absolute Gasteiger partial charge is 0.419 e. The molecule has 0 saturated heterocycles. The van der Waals surface area contributed by atoms with E-state index in [0.717, 1.165) is 12.1 Å². The minimum Gasteiger partial charge on any atom is -0.309 e. The number of hydrogen-bond donors (Lipinski definition) is 0. The van der Waals surface area contributed by atoms with Crippen molar-refractivity contribution in [2.75, 3.05) is 0 Å². The van der Waals surface area contributed by atoms with Crippen LogP contribution in [0, 0.1) is 0 Å². The lowest BCUT2D eigenvalue weighted by atomic mass is 10.0. The Kier molecular flexibility index (Phi) is 3.73. The lowest BCUT2D eigenvalue weighted by molar-refractivity contribution is -0.162. The maximum atomic E-state index is 13.7. The zero-order valence-electron chi connectivity index (χ0n) is 13.6. The van der Waals surface area contributed by atoms with Crippen LogP contribution >= 0.6 is 0 Å². The number of alkyl halides is 6. The highest BCUT2D eigenvalue weighted by atomic mass is 19.4. The number of rotatable bonds is 1. The maximum absolute atomic E-state index is 13.7. The molecule has 0 radical (unpaired) electrons. The van der Waals surface area contributed by atoms with Crippen LogP contribution in [-0.2, 0) is 12.4 Å².